The van der Waals surface area contributed by atoms with E-state index < -0.39 is 0 Å². The van der Waals surface area contributed by atoms with E-state index in [1.54, 1.807) is 18.2 Å². The summed E-state index contributed by atoms with van der Waals surface area (Å²) in [5, 5.41) is 4.04. The van der Waals surface area contributed by atoms with Crippen molar-refractivity contribution >= 4 is 29.1 Å². The highest BCUT2D eigenvalue weighted by molar-refractivity contribution is 6.35. The lowest BCUT2D eigenvalue weighted by Gasteiger charge is -2.16. The van der Waals surface area contributed by atoms with Crippen molar-refractivity contribution in [3.63, 3.8) is 0 Å². The Morgan fingerprint density at radius 1 is 1.21 bits per heavy atom. The first kappa shape index (κ1) is 18.7. The van der Waals surface area contributed by atoms with Gasteiger partial charge in [-0.2, -0.15) is 0 Å². The maximum absolute atomic E-state index is 13.1. The first-order chi connectivity index (χ1) is 11.4. The zero-order chi connectivity index (χ0) is 17.5. The van der Waals surface area contributed by atoms with Crippen LogP contribution in [-0.2, 0) is 17.8 Å². The molecular weight excluding hydrogens is 350 g/mol. The molecule has 0 aliphatic carbocycles. The van der Waals surface area contributed by atoms with Crippen LogP contribution in [0.3, 0.4) is 0 Å². The number of hydrogen-bond donors (Lipinski definition) is 1. The van der Waals surface area contributed by atoms with Crippen molar-refractivity contribution in [2.24, 2.45) is 0 Å². The summed E-state index contributed by atoms with van der Waals surface area (Å²) >= 11 is 11.9. The van der Waals surface area contributed by atoms with E-state index in [4.69, 9.17) is 23.2 Å². The van der Waals surface area contributed by atoms with Gasteiger partial charge < -0.3 is 5.32 Å². The van der Waals surface area contributed by atoms with Crippen molar-refractivity contribution in [3.05, 3.63) is 69.5 Å². The molecule has 0 aromatic heterocycles. The van der Waals surface area contributed by atoms with Crippen LogP contribution in [0.5, 0.6) is 0 Å². The molecule has 3 nitrogen and oxygen atoms in total. The SMILES string of the molecule is CN(CC(=O)NCCc1ccc(Cl)cc1Cl)Cc1cccc(F)c1. The van der Waals surface area contributed by atoms with E-state index in [1.165, 1.54) is 12.1 Å². The smallest absolute Gasteiger partial charge is 0.234 e. The molecule has 0 bridgehead atoms. The lowest BCUT2D eigenvalue weighted by Crippen LogP contribution is -2.35. The van der Waals surface area contributed by atoms with Crippen LogP contribution in [-0.4, -0.2) is 30.9 Å². The third kappa shape index (κ3) is 6.11. The molecule has 0 saturated heterocycles. The maximum atomic E-state index is 13.1. The molecular formula is C18H19Cl2FN2O. The first-order valence-corrected chi connectivity index (χ1v) is 8.33. The van der Waals surface area contributed by atoms with E-state index in [0.29, 0.717) is 29.6 Å². The number of amides is 1. The summed E-state index contributed by atoms with van der Waals surface area (Å²) in [7, 11) is 1.82. The van der Waals surface area contributed by atoms with Crippen molar-refractivity contribution < 1.29 is 9.18 Å². The standard InChI is InChI=1S/C18H19Cl2FN2O/c1-23(11-13-3-2-4-16(21)9-13)12-18(24)22-8-7-14-5-6-15(19)10-17(14)20/h2-6,9-10H,7-8,11-12H2,1H3,(H,22,24). The van der Waals surface area contributed by atoms with Crippen LogP contribution in [0.15, 0.2) is 42.5 Å². The molecule has 0 fully saturated rings. The average Bonchev–Trinajstić information content (AvgIpc) is 2.49. The Kier molecular flexibility index (Phi) is 7.03. The maximum Gasteiger partial charge on any atom is 0.234 e. The Bertz CT molecular complexity index is 709. The lowest BCUT2D eigenvalue weighted by molar-refractivity contribution is -0.122. The summed E-state index contributed by atoms with van der Waals surface area (Å²) in [6, 6.07) is 11.7. The number of nitrogens with zero attached hydrogens (tertiary/aromatic N) is 1. The quantitative estimate of drug-likeness (QED) is 0.802. The van der Waals surface area contributed by atoms with Crippen molar-refractivity contribution in [2.75, 3.05) is 20.1 Å². The van der Waals surface area contributed by atoms with Gasteiger partial charge in [-0.15, -0.1) is 0 Å². The second-order valence-electron chi connectivity index (χ2n) is 5.64. The summed E-state index contributed by atoms with van der Waals surface area (Å²) < 4.78 is 13.1. The minimum Gasteiger partial charge on any atom is -0.355 e. The first-order valence-electron chi connectivity index (χ1n) is 7.57. The zero-order valence-electron chi connectivity index (χ0n) is 13.4. The molecule has 0 heterocycles. The number of likely N-dealkylation sites (N-methyl/N-ethyl adjacent to an activating group) is 1. The fourth-order valence-electron chi connectivity index (χ4n) is 2.36. The highest BCUT2D eigenvalue weighted by Crippen LogP contribution is 2.21. The van der Waals surface area contributed by atoms with E-state index in [-0.39, 0.29) is 18.3 Å². The van der Waals surface area contributed by atoms with Crippen LogP contribution < -0.4 is 5.32 Å². The number of rotatable bonds is 7. The van der Waals surface area contributed by atoms with Gasteiger partial charge in [-0.1, -0.05) is 41.4 Å². The van der Waals surface area contributed by atoms with Crippen LogP contribution in [0.1, 0.15) is 11.1 Å². The molecule has 2 aromatic rings. The van der Waals surface area contributed by atoms with Crippen LogP contribution in [0.4, 0.5) is 4.39 Å². The highest BCUT2D eigenvalue weighted by Gasteiger charge is 2.08. The lowest BCUT2D eigenvalue weighted by atomic mass is 10.1. The van der Waals surface area contributed by atoms with Gasteiger partial charge in [-0.05, 0) is 48.9 Å². The molecule has 0 atom stereocenters. The van der Waals surface area contributed by atoms with Crippen molar-refractivity contribution in [1.82, 2.24) is 10.2 Å². The summed E-state index contributed by atoms with van der Waals surface area (Å²) in [5.74, 6) is -0.357. The minimum absolute atomic E-state index is 0.0843. The number of halogens is 3. The van der Waals surface area contributed by atoms with E-state index in [2.05, 4.69) is 5.32 Å². The molecule has 0 saturated carbocycles. The molecule has 0 aliphatic rings. The van der Waals surface area contributed by atoms with Gasteiger partial charge >= 0.3 is 0 Å². The Morgan fingerprint density at radius 3 is 2.71 bits per heavy atom. The van der Waals surface area contributed by atoms with Crippen molar-refractivity contribution in [3.8, 4) is 0 Å². The summed E-state index contributed by atoms with van der Waals surface area (Å²) in [4.78, 5) is 13.8. The Labute approximate surface area is 151 Å². The number of nitrogens with one attached hydrogen (secondary N) is 1. The van der Waals surface area contributed by atoms with Crippen LogP contribution in [0, 0.1) is 5.82 Å². The van der Waals surface area contributed by atoms with Crippen LogP contribution >= 0.6 is 23.2 Å². The summed E-state index contributed by atoms with van der Waals surface area (Å²) in [6.45, 7) is 1.24. The zero-order valence-corrected chi connectivity index (χ0v) is 14.9. The largest absolute Gasteiger partial charge is 0.355 e. The Hall–Kier alpha value is -1.62. The fourth-order valence-corrected chi connectivity index (χ4v) is 2.87. The third-order valence-electron chi connectivity index (χ3n) is 3.49. The van der Waals surface area contributed by atoms with Gasteiger partial charge in [0, 0.05) is 23.1 Å². The van der Waals surface area contributed by atoms with Crippen LogP contribution in [0.2, 0.25) is 10.0 Å². The topological polar surface area (TPSA) is 32.3 Å². The van der Waals surface area contributed by atoms with Gasteiger partial charge in [0.15, 0.2) is 0 Å². The average molecular weight is 369 g/mol. The molecule has 0 radical (unpaired) electrons. The molecule has 0 unspecified atom stereocenters. The predicted molar refractivity (Wildman–Crippen MR) is 95.9 cm³/mol. The predicted octanol–water partition coefficient (Wildman–Crippen LogP) is 3.92. The second-order valence-corrected chi connectivity index (χ2v) is 6.48. The molecule has 1 N–H and O–H groups in total. The molecule has 1 amide bonds. The highest BCUT2D eigenvalue weighted by atomic mass is 35.5. The number of carbonyl (C=O) groups is 1. The van der Waals surface area contributed by atoms with Crippen molar-refractivity contribution in [1.29, 1.82) is 0 Å². The minimum atomic E-state index is -0.273. The van der Waals surface area contributed by atoms with Gasteiger partial charge in [-0.3, -0.25) is 9.69 Å². The number of hydrogen-bond acceptors (Lipinski definition) is 2. The summed E-state index contributed by atoms with van der Waals surface area (Å²) in [6.07, 6.45) is 0.634. The Balaban J connectivity index is 1.74. The molecule has 0 aliphatic heterocycles. The normalized spacial score (nSPS) is 10.9. The number of benzene rings is 2. The van der Waals surface area contributed by atoms with Gasteiger partial charge in [0.2, 0.25) is 5.91 Å². The Morgan fingerprint density at radius 2 is 2.00 bits per heavy atom. The molecule has 24 heavy (non-hydrogen) atoms. The molecule has 0 spiro atoms. The molecule has 2 aromatic carbocycles. The van der Waals surface area contributed by atoms with Gasteiger partial charge in [0.05, 0.1) is 6.54 Å². The van der Waals surface area contributed by atoms with Crippen molar-refractivity contribution in [2.45, 2.75) is 13.0 Å². The van der Waals surface area contributed by atoms with E-state index in [9.17, 15) is 9.18 Å². The van der Waals surface area contributed by atoms with Gasteiger partial charge in [0.25, 0.3) is 0 Å². The van der Waals surface area contributed by atoms with Gasteiger partial charge in [0.1, 0.15) is 5.82 Å². The molecule has 2 rings (SSSR count). The third-order valence-corrected chi connectivity index (χ3v) is 4.07. The number of carbonyl (C=O) groups excluding carboxylic acids is 1. The molecule has 128 valence electrons. The van der Waals surface area contributed by atoms with Crippen LogP contribution in [0.25, 0.3) is 0 Å². The monoisotopic (exact) mass is 368 g/mol. The molecule has 6 heteroatoms. The second kappa shape index (κ2) is 9.02. The van der Waals surface area contributed by atoms with E-state index in [0.717, 1.165) is 11.1 Å². The van der Waals surface area contributed by atoms with Gasteiger partial charge in [-0.25, -0.2) is 4.39 Å². The summed E-state index contributed by atoms with van der Waals surface area (Å²) in [5.41, 5.74) is 1.77. The van der Waals surface area contributed by atoms with E-state index in [1.807, 2.05) is 24.1 Å². The van der Waals surface area contributed by atoms with E-state index >= 15 is 0 Å². The fraction of sp³-hybridized carbons (Fsp3) is 0.278.